The molecule has 4 heterocycles. The molecular formula is C29H33F2IN8OS. The number of hydrogen-bond acceptors (Lipinski definition) is 8. The van der Waals surface area contributed by atoms with Crippen LogP contribution < -0.4 is 5.32 Å². The molecule has 3 aromatic heterocycles. The van der Waals surface area contributed by atoms with E-state index in [1.54, 1.807) is 12.1 Å². The maximum absolute atomic E-state index is 15.0. The number of hydrogen-bond donors (Lipinski definition) is 2. The van der Waals surface area contributed by atoms with E-state index in [0.29, 0.717) is 49.0 Å². The monoisotopic (exact) mass is 706 g/mol. The maximum Gasteiger partial charge on any atom is 0.237 e. The Hall–Kier alpha value is -2.91. The topological polar surface area (TPSA) is 92.1 Å². The molecular weight excluding hydrogens is 673 g/mol. The SMILES string of the molecule is CCCN(C)CC(=O)N1CCc2nc(Nc3ncc(F)c(-c4cc(F)c5nc(C)n(C6CC6)c5c4)n3)ccc2C1.SI. The van der Waals surface area contributed by atoms with Gasteiger partial charge in [0.2, 0.25) is 11.9 Å². The van der Waals surface area contributed by atoms with E-state index in [9.17, 15) is 9.18 Å². The molecule has 2 aliphatic rings. The number of aromatic nitrogens is 5. The molecule has 1 saturated carbocycles. The second-order valence-corrected chi connectivity index (χ2v) is 10.7. The number of nitrogens with one attached hydrogen (secondary N) is 1. The zero-order valence-electron chi connectivity index (χ0n) is 23.7. The number of imidazole rings is 1. The quantitative estimate of drug-likeness (QED) is 0.171. The van der Waals surface area contributed by atoms with Gasteiger partial charge < -0.3 is 14.8 Å². The second kappa shape index (κ2) is 13.2. The lowest BCUT2D eigenvalue weighted by atomic mass is 10.1. The van der Waals surface area contributed by atoms with Gasteiger partial charge >= 0.3 is 0 Å². The Labute approximate surface area is 261 Å². The van der Waals surface area contributed by atoms with Crippen LogP contribution in [0, 0.1) is 18.6 Å². The van der Waals surface area contributed by atoms with Crippen molar-refractivity contribution in [1.29, 1.82) is 0 Å². The number of rotatable bonds is 8. The Morgan fingerprint density at radius 3 is 2.69 bits per heavy atom. The summed E-state index contributed by atoms with van der Waals surface area (Å²) in [5, 5.41) is 3.06. The number of nitrogens with zero attached hydrogens (tertiary/aromatic N) is 7. The van der Waals surface area contributed by atoms with Crippen LogP contribution in [0.1, 0.15) is 49.3 Å². The highest BCUT2D eigenvalue weighted by Crippen LogP contribution is 2.40. The highest BCUT2D eigenvalue weighted by atomic mass is 127. The van der Waals surface area contributed by atoms with Gasteiger partial charge in [0.15, 0.2) is 11.6 Å². The number of thiol groups is 1. The van der Waals surface area contributed by atoms with Gasteiger partial charge in [-0.1, -0.05) is 13.0 Å². The van der Waals surface area contributed by atoms with E-state index in [4.69, 9.17) is 4.98 Å². The van der Waals surface area contributed by atoms with Crippen LogP contribution in [0.15, 0.2) is 30.5 Å². The lowest BCUT2D eigenvalue weighted by Crippen LogP contribution is -2.42. The summed E-state index contributed by atoms with van der Waals surface area (Å²) in [6.07, 6.45) is 4.76. The van der Waals surface area contributed by atoms with Crippen molar-refractivity contribution in [2.24, 2.45) is 0 Å². The average Bonchev–Trinajstić information content (AvgIpc) is 3.76. The van der Waals surface area contributed by atoms with Crippen molar-refractivity contribution in [2.75, 3.05) is 32.0 Å². The number of carbonyl (C=O) groups excluding carboxylic acids is 1. The van der Waals surface area contributed by atoms with Crippen molar-refractivity contribution >= 4 is 59.7 Å². The number of carbonyl (C=O) groups is 1. The smallest absolute Gasteiger partial charge is 0.237 e. The lowest BCUT2D eigenvalue weighted by Gasteiger charge is -2.30. The molecule has 6 rings (SSSR count). The van der Waals surface area contributed by atoms with Gasteiger partial charge in [-0.2, -0.15) is 0 Å². The van der Waals surface area contributed by atoms with E-state index < -0.39 is 11.6 Å². The van der Waals surface area contributed by atoms with Gasteiger partial charge in [-0.05, 0) is 84.7 Å². The van der Waals surface area contributed by atoms with Crippen LogP contribution in [-0.2, 0) is 17.8 Å². The van der Waals surface area contributed by atoms with Crippen molar-refractivity contribution in [3.8, 4) is 11.3 Å². The van der Waals surface area contributed by atoms with Gasteiger partial charge in [0.05, 0.1) is 18.3 Å². The Kier molecular flexibility index (Phi) is 9.57. The predicted molar refractivity (Wildman–Crippen MR) is 171 cm³/mol. The van der Waals surface area contributed by atoms with Crippen molar-refractivity contribution in [2.45, 2.75) is 52.1 Å². The van der Waals surface area contributed by atoms with Gasteiger partial charge in [0, 0.05) is 36.8 Å². The first-order valence-electron chi connectivity index (χ1n) is 13.9. The van der Waals surface area contributed by atoms with Gasteiger partial charge in [0.1, 0.15) is 22.9 Å². The molecule has 1 aromatic carbocycles. The number of benzene rings is 1. The van der Waals surface area contributed by atoms with Crippen LogP contribution in [0.25, 0.3) is 22.3 Å². The third kappa shape index (κ3) is 6.52. The fourth-order valence-corrected chi connectivity index (χ4v) is 5.43. The minimum atomic E-state index is -0.647. The molecule has 0 atom stereocenters. The fraction of sp³-hybridized carbons (Fsp3) is 0.414. The third-order valence-corrected chi connectivity index (χ3v) is 7.51. The summed E-state index contributed by atoms with van der Waals surface area (Å²) in [7, 11) is 5.46. The molecule has 13 heteroatoms. The molecule has 9 nitrogen and oxygen atoms in total. The molecule has 0 radical (unpaired) electrons. The van der Waals surface area contributed by atoms with E-state index >= 15 is 4.39 Å². The van der Waals surface area contributed by atoms with E-state index in [0.717, 1.165) is 49.1 Å². The van der Waals surface area contributed by atoms with E-state index in [-0.39, 0.29) is 23.1 Å². The molecule has 1 fully saturated rings. The largest absolute Gasteiger partial charge is 0.337 e. The number of anilines is 2. The number of likely N-dealkylation sites (N-methyl/N-ethyl adjacent to an activating group) is 1. The predicted octanol–water partition coefficient (Wildman–Crippen LogP) is 6.05. The summed E-state index contributed by atoms with van der Waals surface area (Å²) < 4.78 is 32.0. The molecule has 0 spiro atoms. The number of pyridine rings is 1. The fourth-order valence-electron chi connectivity index (χ4n) is 5.43. The molecule has 0 saturated heterocycles. The highest BCUT2D eigenvalue weighted by Gasteiger charge is 2.28. The number of fused-ring (bicyclic) bond motifs is 2. The van der Waals surface area contributed by atoms with Crippen LogP contribution in [0.3, 0.4) is 0 Å². The van der Waals surface area contributed by atoms with Crippen LogP contribution in [0.4, 0.5) is 20.5 Å². The summed E-state index contributed by atoms with van der Waals surface area (Å²) in [5.74, 6) is 0.371. The lowest BCUT2D eigenvalue weighted by molar-refractivity contribution is -0.133. The number of amides is 1. The Bertz CT molecular complexity index is 1610. The first-order chi connectivity index (χ1) is 20.3. The first-order valence-corrected chi connectivity index (χ1v) is 17.1. The van der Waals surface area contributed by atoms with Crippen LogP contribution in [-0.4, -0.2) is 66.9 Å². The molecule has 222 valence electrons. The summed E-state index contributed by atoms with van der Waals surface area (Å²) in [6.45, 7) is 6.36. The molecule has 0 bridgehead atoms. The normalized spacial score (nSPS) is 14.5. The van der Waals surface area contributed by atoms with Crippen LogP contribution >= 0.6 is 31.0 Å². The van der Waals surface area contributed by atoms with Crippen LogP contribution in [0.5, 0.6) is 0 Å². The zero-order chi connectivity index (χ0) is 30.0. The Morgan fingerprint density at radius 2 is 1.95 bits per heavy atom. The van der Waals surface area contributed by atoms with Crippen molar-refractivity contribution in [1.82, 2.24) is 34.3 Å². The van der Waals surface area contributed by atoms with Crippen molar-refractivity contribution in [3.05, 3.63) is 59.2 Å². The Morgan fingerprint density at radius 1 is 1.17 bits per heavy atom. The van der Waals surface area contributed by atoms with E-state index in [2.05, 4.69) is 37.0 Å². The summed E-state index contributed by atoms with van der Waals surface area (Å²) in [5.41, 5.74) is 3.14. The molecule has 42 heavy (non-hydrogen) atoms. The number of halogens is 3. The van der Waals surface area contributed by atoms with Gasteiger partial charge in [-0.3, -0.25) is 9.69 Å². The summed E-state index contributed by atoms with van der Waals surface area (Å²) >= 11 is 1.84. The molecule has 0 unspecified atom stereocenters. The van der Waals surface area contributed by atoms with Gasteiger partial charge in [-0.25, -0.2) is 28.7 Å². The van der Waals surface area contributed by atoms with E-state index in [1.807, 2.05) is 55.6 Å². The third-order valence-electron chi connectivity index (χ3n) is 7.51. The standard InChI is InChI=1S/C29H32F2N8O.HIS/c1-4-10-37(3)16-26(40)38-11-9-23-18(15-38)5-8-25(34-23)35-29-32-14-22(31)27(36-29)19-12-21(30)28-24(13-19)39(17(2)33-28)20-6-7-20;1-2/h5,8,12-14,20H,4,6-7,9-11,15-16H2,1-3H3,(H,32,34,35,36);2H. The zero-order valence-corrected chi connectivity index (χ0v) is 26.8. The highest BCUT2D eigenvalue weighted by molar-refractivity contribution is 14.2. The van der Waals surface area contributed by atoms with Crippen LogP contribution in [0.2, 0.25) is 0 Å². The van der Waals surface area contributed by atoms with Gasteiger partial charge in [0.25, 0.3) is 0 Å². The van der Waals surface area contributed by atoms with E-state index in [1.165, 1.54) is 6.07 Å². The molecule has 1 amide bonds. The van der Waals surface area contributed by atoms with Gasteiger partial charge in [-0.15, -0.1) is 9.80 Å². The summed E-state index contributed by atoms with van der Waals surface area (Å²) in [4.78, 5) is 34.2. The number of aryl methyl sites for hydroxylation is 1. The minimum Gasteiger partial charge on any atom is -0.337 e. The Balaban J connectivity index is 0.00000173. The molecule has 4 aromatic rings. The van der Waals surface area contributed by atoms with Crippen molar-refractivity contribution in [3.63, 3.8) is 0 Å². The second-order valence-electron chi connectivity index (χ2n) is 10.7. The van der Waals surface area contributed by atoms with Crippen molar-refractivity contribution < 1.29 is 13.6 Å². The molecule has 1 N–H and O–H groups in total. The average molecular weight is 707 g/mol. The summed E-state index contributed by atoms with van der Waals surface area (Å²) in [6, 6.07) is 7.05. The minimum absolute atomic E-state index is 0.000319. The molecule has 1 aliphatic heterocycles. The first kappa shape index (κ1) is 30.5. The maximum atomic E-state index is 15.0. The molecule has 1 aliphatic carbocycles.